The maximum absolute atomic E-state index is 5.79. The number of fused-ring (bicyclic) bond motifs is 1. The van der Waals surface area contributed by atoms with E-state index in [1.807, 2.05) is 0 Å². The Labute approximate surface area is 128 Å². The van der Waals surface area contributed by atoms with Crippen molar-refractivity contribution >= 4 is 16.7 Å². The third-order valence-corrected chi connectivity index (χ3v) is 4.04. The van der Waals surface area contributed by atoms with Crippen LogP contribution in [0.1, 0.15) is 44.7 Å². The summed E-state index contributed by atoms with van der Waals surface area (Å²) in [5.74, 6) is 1.63. The van der Waals surface area contributed by atoms with Crippen LogP contribution in [0.25, 0.3) is 10.9 Å². The van der Waals surface area contributed by atoms with Crippen molar-refractivity contribution in [3.8, 4) is 0 Å². The Morgan fingerprint density at radius 3 is 2.43 bits per heavy atom. The number of nitrogens with two attached hydrogens (primary N) is 1. The summed E-state index contributed by atoms with van der Waals surface area (Å²) in [6, 6.07) is 8.87. The highest BCUT2D eigenvalue weighted by Crippen LogP contribution is 2.26. The molecular formula is C18H27N3. The molecule has 21 heavy (non-hydrogen) atoms. The third kappa shape index (κ3) is 3.35. The van der Waals surface area contributed by atoms with Gasteiger partial charge in [-0.2, -0.15) is 0 Å². The summed E-state index contributed by atoms with van der Waals surface area (Å²) in [5, 5.41) is 1.22. The SMILES string of the molecule is CCN(CC)c1nc2ccc(C(C)C)cc2cc1CCN. The Morgan fingerprint density at radius 1 is 1.14 bits per heavy atom. The van der Waals surface area contributed by atoms with E-state index >= 15 is 0 Å². The molecule has 0 radical (unpaired) electrons. The van der Waals surface area contributed by atoms with Crippen LogP contribution in [-0.4, -0.2) is 24.6 Å². The molecular weight excluding hydrogens is 258 g/mol. The fraction of sp³-hybridized carbons (Fsp3) is 0.500. The molecule has 0 saturated heterocycles. The number of benzene rings is 1. The fourth-order valence-electron chi connectivity index (χ4n) is 2.72. The second kappa shape index (κ2) is 6.90. The van der Waals surface area contributed by atoms with Crippen LogP contribution >= 0.6 is 0 Å². The topological polar surface area (TPSA) is 42.2 Å². The lowest BCUT2D eigenvalue weighted by atomic mass is 10.00. The van der Waals surface area contributed by atoms with E-state index in [2.05, 4.69) is 56.9 Å². The number of hydrogen-bond donors (Lipinski definition) is 1. The molecule has 2 aromatic rings. The van der Waals surface area contributed by atoms with Crippen LogP contribution < -0.4 is 10.6 Å². The van der Waals surface area contributed by atoms with Crippen molar-refractivity contribution in [1.82, 2.24) is 4.98 Å². The maximum atomic E-state index is 5.79. The van der Waals surface area contributed by atoms with Gasteiger partial charge in [0, 0.05) is 18.5 Å². The van der Waals surface area contributed by atoms with Gasteiger partial charge in [-0.3, -0.25) is 0 Å². The van der Waals surface area contributed by atoms with Gasteiger partial charge >= 0.3 is 0 Å². The average Bonchev–Trinajstić information content (AvgIpc) is 2.48. The van der Waals surface area contributed by atoms with Crippen LogP contribution in [0.2, 0.25) is 0 Å². The Morgan fingerprint density at radius 2 is 1.86 bits per heavy atom. The quantitative estimate of drug-likeness (QED) is 0.880. The van der Waals surface area contributed by atoms with E-state index in [9.17, 15) is 0 Å². The van der Waals surface area contributed by atoms with Crippen molar-refractivity contribution < 1.29 is 0 Å². The van der Waals surface area contributed by atoms with Crippen molar-refractivity contribution in [1.29, 1.82) is 0 Å². The van der Waals surface area contributed by atoms with Crippen molar-refractivity contribution in [2.24, 2.45) is 5.73 Å². The highest BCUT2D eigenvalue weighted by molar-refractivity contribution is 5.82. The zero-order valence-electron chi connectivity index (χ0n) is 13.7. The van der Waals surface area contributed by atoms with E-state index in [-0.39, 0.29) is 0 Å². The predicted molar refractivity (Wildman–Crippen MR) is 92.2 cm³/mol. The highest BCUT2D eigenvalue weighted by Gasteiger charge is 2.12. The minimum absolute atomic E-state index is 0.537. The first-order chi connectivity index (χ1) is 10.1. The van der Waals surface area contributed by atoms with E-state index in [0.29, 0.717) is 12.5 Å². The molecule has 0 unspecified atom stereocenters. The zero-order valence-corrected chi connectivity index (χ0v) is 13.7. The van der Waals surface area contributed by atoms with Gasteiger partial charge in [0.25, 0.3) is 0 Å². The predicted octanol–water partition coefficient (Wildman–Crippen LogP) is 3.71. The van der Waals surface area contributed by atoms with Gasteiger partial charge in [-0.25, -0.2) is 4.98 Å². The second-order valence-electron chi connectivity index (χ2n) is 5.79. The van der Waals surface area contributed by atoms with Crippen LogP contribution in [0.15, 0.2) is 24.3 Å². The van der Waals surface area contributed by atoms with Crippen LogP contribution in [0.5, 0.6) is 0 Å². The Kier molecular flexibility index (Phi) is 5.18. The maximum Gasteiger partial charge on any atom is 0.132 e. The molecule has 0 aliphatic rings. The first-order valence-electron chi connectivity index (χ1n) is 7.99. The number of aromatic nitrogens is 1. The molecule has 0 aliphatic carbocycles. The molecule has 0 spiro atoms. The molecule has 2 N–H and O–H groups in total. The van der Waals surface area contributed by atoms with Crippen molar-refractivity contribution in [3.05, 3.63) is 35.4 Å². The van der Waals surface area contributed by atoms with E-state index in [4.69, 9.17) is 10.7 Å². The molecule has 1 aromatic heterocycles. The Bertz CT molecular complexity index is 601. The third-order valence-electron chi connectivity index (χ3n) is 4.04. The minimum atomic E-state index is 0.537. The summed E-state index contributed by atoms with van der Waals surface area (Å²) >= 11 is 0. The average molecular weight is 285 g/mol. The summed E-state index contributed by atoms with van der Waals surface area (Å²) < 4.78 is 0. The van der Waals surface area contributed by atoms with Gasteiger partial charge in [-0.1, -0.05) is 19.9 Å². The summed E-state index contributed by atoms with van der Waals surface area (Å²) in [5.41, 5.74) is 9.48. The highest BCUT2D eigenvalue weighted by atomic mass is 15.2. The Balaban J connectivity index is 2.58. The van der Waals surface area contributed by atoms with Crippen molar-refractivity contribution in [2.75, 3.05) is 24.5 Å². The standard InChI is InChI=1S/C18H27N3/c1-5-21(6-2)18-15(9-10-19)12-16-11-14(13(3)4)7-8-17(16)20-18/h7-8,11-13H,5-6,9-10,19H2,1-4H3. The van der Waals surface area contributed by atoms with Gasteiger partial charge < -0.3 is 10.6 Å². The summed E-state index contributed by atoms with van der Waals surface area (Å²) in [6.45, 7) is 11.4. The molecule has 2 rings (SSSR count). The first-order valence-corrected chi connectivity index (χ1v) is 7.99. The first kappa shape index (κ1) is 15.8. The minimum Gasteiger partial charge on any atom is -0.357 e. The fourth-order valence-corrected chi connectivity index (χ4v) is 2.72. The number of hydrogen-bond acceptors (Lipinski definition) is 3. The van der Waals surface area contributed by atoms with Crippen LogP contribution in [0.3, 0.4) is 0 Å². The summed E-state index contributed by atoms with van der Waals surface area (Å²) in [4.78, 5) is 7.21. The number of pyridine rings is 1. The lowest BCUT2D eigenvalue weighted by Crippen LogP contribution is -2.25. The van der Waals surface area contributed by atoms with Gasteiger partial charge in [-0.15, -0.1) is 0 Å². The largest absolute Gasteiger partial charge is 0.357 e. The normalized spacial score (nSPS) is 11.3. The lowest BCUT2D eigenvalue weighted by molar-refractivity contribution is 0.830. The van der Waals surface area contributed by atoms with Crippen molar-refractivity contribution in [3.63, 3.8) is 0 Å². The number of anilines is 1. The van der Waals surface area contributed by atoms with Crippen LogP contribution in [-0.2, 0) is 6.42 Å². The number of rotatable bonds is 6. The molecule has 1 heterocycles. The van der Waals surface area contributed by atoms with Crippen LogP contribution in [0, 0.1) is 0 Å². The van der Waals surface area contributed by atoms with E-state index in [1.165, 1.54) is 16.5 Å². The summed E-state index contributed by atoms with van der Waals surface area (Å²) in [7, 11) is 0. The van der Waals surface area contributed by atoms with E-state index in [1.54, 1.807) is 0 Å². The van der Waals surface area contributed by atoms with Gasteiger partial charge in [-0.05, 0) is 62.1 Å². The van der Waals surface area contributed by atoms with Gasteiger partial charge in [0.1, 0.15) is 5.82 Å². The van der Waals surface area contributed by atoms with Crippen LogP contribution in [0.4, 0.5) is 5.82 Å². The molecule has 114 valence electrons. The van der Waals surface area contributed by atoms with Gasteiger partial charge in [0.15, 0.2) is 0 Å². The monoisotopic (exact) mass is 285 g/mol. The molecule has 1 aromatic carbocycles. The molecule has 3 heteroatoms. The van der Waals surface area contributed by atoms with Crippen molar-refractivity contribution in [2.45, 2.75) is 40.0 Å². The molecule has 0 amide bonds. The van der Waals surface area contributed by atoms with Gasteiger partial charge in [0.05, 0.1) is 5.52 Å². The smallest absolute Gasteiger partial charge is 0.132 e. The Hall–Kier alpha value is -1.61. The molecule has 0 bridgehead atoms. The second-order valence-corrected chi connectivity index (χ2v) is 5.79. The molecule has 0 saturated carbocycles. The lowest BCUT2D eigenvalue weighted by Gasteiger charge is -2.23. The molecule has 0 fully saturated rings. The molecule has 3 nitrogen and oxygen atoms in total. The van der Waals surface area contributed by atoms with Gasteiger partial charge in [0.2, 0.25) is 0 Å². The van der Waals surface area contributed by atoms with E-state index in [0.717, 1.165) is 30.8 Å². The zero-order chi connectivity index (χ0) is 15.4. The molecule has 0 aliphatic heterocycles. The number of nitrogens with zero attached hydrogens (tertiary/aromatic N) is 2. The van der Waals surface area contributed by atoms with E-state index < -0.39 is 0 Å². The molecule has 0 atom stereocenters. The summed E-state index contributed by atoms with van der Waals surface area (Å²) in [6.07, 6.45) is 0.876.